The number of rotatable bonds is 5. The lowest BCUT2D eigenvalue weighted by molar-refractivity contribution is 0.473. The molecule has 120 valence electrons. The Bertz CT molecular complexity index is 639. The number of aromatic nitrogens is 2. The molecule has 2 aromatic heterocycles. The number of hydrogen-bond donors (Lipinski definition) is 2. The van der Waals surface area contributed by atoms with Crippen molar-refractivity contribution >= 4 is 17.3 Å². The summed E-state index contributed by atoms with van der Waals surface area (Å²) in [4.78, 5) is 14.5. The molecule has 0 saturated heterocycles. The van der Waals surface area contributed by atoms with Gasteiger partial charge >= 0.3 is 0 Å². The molecule has 0 aliphatic heterocycles. The predicted molar refractivity (Wildman–Crippen MR) is 89.2 cm³/mol. The number of aliphatic imine (C=N–C) groups is 1. The summed E-state index contributed by atoms with van der Waals surface area (Å²) in [5.74, 6) is 2.23. The van der Waals surface area contributed by atoms with Crippen LogP contribution in [0, 0.1) is 27.7 Å². The van der Waals surface area contributed by atoms with E-state index in [2.05, 4.69) is 25.6 Å². The molecule has 2 heterocycles. The fraction of sp³-hybridized carbons (Fsp3) is 0.533. The largest absolute Gasteiger partial charge is 0.444 e. The summed E-state index contributed by atoms with van der Waals surface area (Å²) in [6.07, 6.45) is 0. The van der Waals surface area contributed by atoms with Crippen molar-refractivity contribution in [1.29, 1.82) is 0 Å². The maximum absolute atomic E-state index is 5.55. The van der Waals surface area contributed by atoms with E-state index >= 15 is 0 Å². The quantitative estimate of drug-likeness (QED) is 0.654. The zero-order valence-electron chi connectivity index (χ0n) is 13.8. The van der Waals surface area contributed by atoms with E-state index in [1.165, 1.54) is 4.88 Å². The van der Waals surface area contributed by atoms with Gasteiger partial charge in [-0.05, 0) is 34.6 Å². The summed E-state index contributed by atoms with van der Waals surface area (Å²) in [6.45, 7) is 11.9. The fourth-order valence-corrected chi connectivity index (χ4v) is 2.87. The van der Waals surface area contributed by atoms with E-state index in [9.17, 15) is 0 Å². The molecule has 0 saturated carbocycles. The fourth-order valence-electron chi connectivity index (χ4n) is 2.00. The van der Waals surface area contributed by atoms with Crippen molar-refractivity contribution < 1.29 is 4.42 Å². The summed E-state index contributed by atoms with van der Waals surface area (Å²) in [5.41, 5.74) is 1.99. The topological polar surface area (TPSA) is 75.3 Å². The molecule has 22 heavy (non-hydrogen) atoms. The van der Waals surface area contributed by atoms with Crippen LogP contribution in [-0.4, -0.2) is 22.5 Å². The predicted octanol–water partition coefficient (Wildman–Crippen LogP) is 2.62. The Morgan fingerprint density at radius 2 is 1.91 bits per heavy atom. The van der Waals surface area contributed by atoms with Gasteiger partial charge in [0.2, 0.25) is 5.89 Å². The molecule has 7 heteroatoms. The van der Waals surface area contributed by atoms with Gasteiger partial charge in [-0.25, -0.2) is 15.0 Å². The highest BCUT2D eigenvalue weighted by Gasteiger charge is 2.07. The van der Waals surface area contributed by atoms with Gasteiger partial charge in [0.05, 0.1) is 22.9 Å². The van der Waals surface area contributed by atoms with Gasteiger partial charge in [0.1, 0.15) is 12.3 Å². The highest BCUT2D eigenvalue weighted by atomic mass is 32.1. The van der Waals surface area contributed by atoms with E-state index < -0.39 is 0 Å². The third-order valence-corrected chi connectivity index (χ3v) is 4.28. The molecule has 0 unspecified atom stereocenters. The van der Waals surface area contributed by atoms with Crippen molar-refractivity contribution in [3.05, 3.63) is 32.9 Å². The number of hydrogen-bond acceptors (Lipinski definition) is 5. The van der Waals surface area contributed by atoms with E-state index in [-0.39, 0.29) is 0 Å². The van der Waals surface area contributed by atoms with Gasteiger partial charge in [-0.1, -0.05) is 0 Å². The molecule has 0 aliphatic carbocycles. The van der Waals surface area contributed by atoms with Crippen LogP contribution in [0.5, 0.6) is 0 Å². The van der Waals surface area contributed by atoms with Crippen molar-refractivity contribution in [2.75, 3.05) is 6.54 Å². The number of thiazole rings is 1. The first-order valence-corrected chi connectivity index (χ1v) is 8.19. The molecule has 0 radical (unpaired) electrons. The summed E-state index contributed by atoms with van der Waals surface area (Å²) >= 11 is 1.71. The highest BCUT2D eigenvalue weighted by Crippen LogP contribution is 2.16. The van der Waals surface area contributed by atoms with Crippen LogP contribution in [-0.2, 0) is 13.1 Å². The van der Waals surface area contributed by atoms with Crippen LogP contribution < -0.4 is 10.6 Å². The molecule has 0 bridgehead atoms. The zero-order valence-corrected chi connectivity index (χ0v) is 14.6. The average molecular weight is 321 g/mol. The molecule has 0 fully saturated rings. The smallest absolute Gasteiger partial charge is 0.216 e. The highest BCUT2D eigenvalue weighted by molar-refractivity contribution is 7.11. The van der Waals surface area contributed by atoms with Gasteiger partial charge in [0, 0.05) is 11.4 Å². The molecule has 0 atom stereocenters. The Morgan fingerprint density at radius 3 is 2.45 bits per heavy atom. The lowest BCUT2D eigenvalue weighted by atomic mass is 10.4. The second kappa shape index (κ2) is 7.40. The first-order valence-electron chi connectivity index (χ1n) is 7.37. The van der Waals surface area contributed by atoms with Gasteiger partial charge in [-0.2, -0.15) is 0 Å². The van der Waals surface area contributed by atoms with Crippen LogP contribution >= 0.6 is 11.3 Å². The summed E-state index contributed by atoms with van der Waals surface area (Å²) in [7, 11) is 0. The number of guanidine groups is 1. The van der Waals surface area contributed by atoms with Crippen LogP contribution in [0.3, 0.4) is 0 Å². The number of oxazole rings is 1. The normalized spacial score (nSPS) is 11.8. The second-order valence-corrected chi connectivity index (χ2v) is 6.33. The standard InChI is InChI=1S/C15H23N5OS/c1-6-16-15(17-7-13-10(3)19-12(5)22-13)18-8-14-20-9(2)11(4)21-14/h6-8H2,1-5H3,(H2,16,17,18). The minimum atomic E-state index is 0.421. The van der Waals surface area contributed by atoms with E-state index in [1.54, 1.807) is 11.3 Å². The Balaban J connectivity index is 1.99. The molecular weight excluding hydrogens is 298 g/mol. The van der Waals surface area contributed by atoms with Crippen molar-refractivity contribution in [2.45, 2.75) is 47.7 Å². The second-order valence-electron chi connectivity index (χ2n) is 5.04. The Morgan fingerprint density at radius 1 is 1.14 bits per heavy atom. The minimum absolute atomic E-state index is 0.421. The van der Waals surface area contributed by atoms with Crippen molar-refractivity contribution in [3.8, 4) is 0 Å². The number of aryl methyl sites for hydroxylation is 4. The Hall–Kier alpha value is -1.89. The molecule has 0 aromatic carbocycles. The molecule has 0 amide bonds. The first-order chi connectivity index (χ1) is 10.5. The van der Waals surface area contributed by atoms with Gasteiger partial charge in [0.15, 0.2) is 5.96 Å². The summed E-state index contributed by atoms with van der Waals surface area (Å²) in [5, 5.41) is 7.63. The Kier molecular flexibility index (Phi) is 5.54. The van der Waals surface area contributed by atoms with Crippen molar-refractivity contribution in [2.24, 2.45) is 4.99 Å². The van der Waals surface area contributed by atoms with E-state index in [1.807, 2.05) is 34.6 Å². The zero-order chi connectivity index (χ0) is 16.1. The van der Waals surface area contributed by atoms with Crippen LogP contribution in [0.15, 0.2) is 9.41 Å². The molecule has 2 aromatic rings. The van der Waals surface area contributed by atoms with Gasteiger partial charge < -0.3 is 15.1 Å². The van der Waals surface area contributed by atoms with Crippen molar-refractivity contribution in [3.63, 3.8) is 0 Å². The van der Waals surface area contributed by atoms with Gasteiger partial charge in [-0.3, -0.25) is 0 Å². The number of nitrogens with one attached hydrogen (secondary N) is 2. The van der Waals surface area contributed by atoms with Crippen LogP contribution in [0.2, 0.25) is 0 Å². The van der Waals surface area contributed by atoms with E-state index in [0.717, 1.165) is 34.7 Å². The summed E-state index contributed by atoms with van der Waals surface area (Å²) < 4.78 is 5.55. The lowest BCUT2D eigenvalue weighted by Gasteiger charge is -2.10. The third kappa shape index (κ3) is 4.30. The molecule has 0 spiro atoms. The number of nitrogens with zero attached hydrogens (tertiary/aromatic N) is 3. The SMILES string of the molecule is CCNC(=NCc1nc(C)c(C)o1)NCc1sc(C)nc1C. The molecule has 2 N–H and O–H groups in total. The van der Waals surface area contributed by atoms with Gasteiger partial charge in [0.25, 0.3) is 0 Å². The first kappa shape index (κ1) is 16.5. The van der Waals surface area contributed by atoms with E-state index in [4.69, 9.17) is 4.42 Å². The molecule has 0 aliphatic rings. The minimum Gasteiger partial charge on any atom is -0.444 e. The molecule has 6 nitrogen and oxygen atoms in total. The van der Waals surface area contributed by atoms with Crippen LogP contribution in [0.4, 0.5) is 0 Å². The lowest BCUT2D eigenvalue weighted by Crippen LogP contribution is -2.36. The maximum Gasteiger partial charge on any atom is 0.216 e. The van der Waals surface area contributed by atoms with Crippen LogP contribution in [0.25, 0.3) is 0 Å². The van der Waals surface area contributed by atoms with Crippen molar-refractivity contribution in [1.82, 2.24) is 20.6 Å². The molecule has 2 rings (SSSR count). The molecular formula is C15H23N5OS. The van der Waals surface area contributed by atoms with Gasteiger partial charge in [-0.15, -0.1) is 11.3 Å². The summed E-state index contributed by atoms with van der Waals surface area (Å²) in [6, 6.07) is 0. The average Bonchev–Trinajstić information content (AvgIpc) is 2.95. The van der Waals surface area contributed by atoms with E-state index in [0.29, 0.717) is 19.0 Å². The monoisotopic (exact) mass is 321 g/mol. The third-order valence-electron chi connectivity index (χ3n) is 3.21. The maximum atomic E-state index is 5.55. The Labute approximate surface area is 135 Å². The van der Waals surface area contributed by atoms with Crippen LogP contribution in [0.1, 0.15) is 39.8 Å².